The summed E-state index contributed by atoms with van der Waals surface area (Å²) in [6, 6.07) is 12.1. The lowest BCUT2D eigenvalue weighted by Gasteiger charge is -2.10. The lowest BCUT2D eigenvalue weighted by Crippen LogP contribution is -2.20. The summed E-state index contributed by atoms with van der Waals surface area (Å²) in [7, 11) is 0. The van der Waals surface area contributed by atoms with E-state index in [2.05, 4.69) is 25.5 Å². The van der Waals surface area contributed by atoms with Crippen molar-refractivity contribution in [2.75, 3.05) is 5.32 Å². The smallest absolute Gasteiger partial charge is 0.263 e. The summed E-state index contributed by atoms with van der Waals surface area (Å²) in [4.78, 5) is 32.5. The molecule has 5 aromatic rings. The fraction of sp³-hybridized carbons (Fsp3) is 0.0870. The Morgan fingerprint density at radius 1 is 1.03 bits per heavy atom. The Balaban J connectivity index is 1.61. The van der Waals surface area contributed by atoms with Crippen molar-refractivity contribution in [1.29, 1.82) is 0 Å². The molecule has 2 aromatic carbocycles. The molecule has 9 nitrogen and oxygen atoms in total. The molecule has 0 aliphatic heterocycles. The number of anilines is 1. The second-order valence-corrected chi connectivity index (χ2v) is 7.66. The largest absolute Gasteiger partial charge is 0.306 e. The number of hydrogen-bond acceptors (Lipinski definition) is 5. The third-order valence-corrected chi connectivity index (χ3v) is 5.14. The number of benzene rings is 2. The molecule has 1 amide bonds. The second-order valence-electron chi connectivity index (χ2n) is 7.66. The number of aryl methyl sites for hydroxylation is 2. The van der Waals surface area contributed by atoms with E-state index in [0.717, 1.165) is 23.8 Å². The van der Waals surface area contributed by atoms with Crippen LogP contribution in [-0.4, -0.2) is 35.4 Å². The summed E-state index contributed by atoms with van der Waals surface area (Å²) in [5, 5.41) is 11.3. The van der Waals surface area contributed by atoms with Crippen LogP contribution in [0.3, 0.4) is 0 Å². The SMILES string of the molecule is Cc1cccc(-n2ncc3c(=O)[nH]c(-n4nc(C)cc4NC(=O)c4c(F)cccc4F)nc32)c1. The number of carbonyl (C=O) groups is 1. The van der Waals surface area contributed by atoms with E-state index in [1.165, 1.54) is 21.6 Å². The molecule has 0 unspecified atom stereocenters. The maximum absolute atomic E-state index is 14.1. The number of amides is 1. The van der Waals surface area contributed by atoms with Gasteiger partial charge >= 0.3 is 0 Å². The maximum atomic E-state index is 14.1. The normalized spacial score (nSPS) is 11.2. The highest BCUT2D eigenvalue weighted by molar-refractivity contribution is 6.04. The first-order chi connectivity index (χ1) is 16.3. The molecule has 0 atom stereocenters. The molecule has 0 saturated carbocycles. The van der Waals surface area contributed by atoms with Crippen LogP contribution in [0.2, 0.25) is 0 Å². The van der Waals surface area contributed by atoms with Gasteiger partial charge < -0.3 is 5.32 Å². The van der Waals surface area contributed by atoms with E-state index in [1.807, 2.05) is 31.2 Å². The van der Waals surface area contributed by atoms with E-state index in [1.54, 1.807) is 6.92 Å². The van der Waals surface area contributed by atoms with E-state index < -0.39 is 28.7 Å². The van der Waals surface area contributed by atoms with Crippen molar-refractivity contribution in [3.63, 3.8) is 0 Å². The van der Waals surface area contributed by atoms with Crippen LogP contribution in [0.1, 0.15) is 21.6 Å². The highest BCUT2D eigenvalue weighted by Crippen LogP contribution is 2.20. The van der Waals surface area contributed by atoms with E-state index in [0.29, 0.717) is 11.4 Å². The van der Waals surface area contributed by atoms with Gasteiger partial charge in [-0.2, -0.15) is 19.9 Å². The monoisotopic (exact) mass is 461 g/mol. The number of aromatic nitrogens is 6. The Morgan fingerprint density at radius 2 is 1.76 bits per heavy atom. The molecule has 0 radical (unpaired) electrons. The molecule has 3 aromatic heterocycles. The average molecular weight is 461 g/mol. The lowest BCUT2D eigenvalue weighted by molar-refractivity contribution is 0.101. The van der Waals surface area contributed by atoms with Gasteiger partial charge in [-0.25, -0.2) is 13.5 Å². The zero-order valence-electron chi connectivity index (χ0n) is 18.0. The summed E-state index contributed by atoms with van der Waals surface area (Å²) < 4.78 is 30.8. The summed E-state index contributed by atoms with van der Waals surface area (Å²) in [6.07, 6.45) is 1.41. The third-order valence-electron chi connectivity index (χ3n) is 5.14. The summed E-state index contributed by atoms with van der Waals surface area (Å²) in [5.74, 6) is -2.96. The highest BCUT2D eigenvalue weighted by atomic mass is 19.1. The van der Waals surface area contributed by atoms with Crippen molar-refractivity contribution >= 4 is 22.8 Å². The molecule has 11 heteroatoms. The van der Waals surface area contributed by atoms with Crippen molar-refractivity contribution in [3.8, 4) is 11.6 Å². The maximum Gasteiger partial charge on any atom is 0.263 e. The molecule has 0 saturated heterocycles. The Kier molecular flexibility index (Phi) is 5.01. The molecule has 2 N–H and O–H groups in total. The molecular weight excluding hydrogens is 444 g/mol. The van der Waals surface area contributed by atoms with Crippen molar-refractivity contribution < 1.29 is 13.6 Å². The second kappa shape index (κ2) is 8.03. The number of nitrogens with one attached hydrogen (secondary N) is 2. The van der Waals surface area contributed by atoms with Crippen LogP contribution in [-0.2, 0) is 0 Å². The molecule has 0 bridgehead atoms. The zero-order chi connectivity index (χ0) is 24.0. The van der Waals surface area contributed by atoms with Gasteiger partial charge in [0.1, 0.15) is 28.4 Å². The molecule has 0 spiro atoms. The Labute approximate surface area is 190 Å². The van der Waals surface area contributed by atoms with Gasteiger partial charge in [-0.05, 0) is 43.7 Å². The predicted octanol–water partition coefficient (Wildman–Crippen LogP) is 3.44. The van der Waals surface area contributed by atoms with Gasteiger partial charge in [-0.15, -0.1) is 0 Å². The molecule has 34 heavy (non-hydrogen) atoms. The lowest BCUT2D eigenvalue weighted by atomic mass is 10.2. The molecule has 5 rings (SSSR count). The number of H-pyrrole nitrogens is 1. The van der Waals surface area contributed by atoms with Crippen LogP contribution in [0.25, 0.3) is 22.7 Å². The van der Waals surface area contributed by atoms with Crippen molar-refractivity contribution in [2.45, 2.75) is 13.8 Å². The summed E-state index contributed by atoms with van der Waals surface area (Å²) in [5.41, 5.74) is 1.25. The van der Waals surface area contributed by atoms with Gasteiger partial charge in [0.05, 0.1) is 17.6 Å². The van der Waals surface area contributed by atoms with Crippen LogP contribution >= 0.6 is 0 Å². The Hall–Kier alpha value is -4.67. The van der Waals surface area contributed by atoms with Gasteiger partial charge in [0.25, 0.3) is 11.5 Å². The van der Waals surface area contributed by atoms with Gasteiger partial charge in [0, 0.05) is 6.07 Å². The third kappa shape index (κ3) is 3.62. The van der Waals surface area contributed by atoms with Gasteiger partial charge in [0.2, 0.25) is 5.95 Å². The first kappa shape index (κ1) is 21.2. The number of rotatable bonds is 4. The molecule has 0 aliphatic rings. The van der Waals surface area contributed by atoms with E-state index >= 15 is 0 Å². The Bertz CT molecular complexity index is 1610. The van der Waals surface area contributed by atoms with Crippen molar-refractivity contribution in [3.05, 3.63) is 93.5 Å². The number of nitrogens with zero attached hydrogens (tertiary/aromatic N) is 5. The van der Waals surface area contributed by atoms with Crippen LogP contribution < -0.4 is 10.9 Å². The minimum absolute atomic E-state index is 0.00990. The molecular formula is C23H17F2N7O2. The van der Waals surface area contributed by atoms with Crippen molar-refractivity contribution in [2.24, 2.45) is 0 Å². The summed E-state index contributed by atoms with van der Waals surface area (Å²) >= 11 is 0. The number of hydrogen-bond donors (Lipinski definition) is 2. The number of aromatic amines is 1. The van der Waals surface area contributed by atoms with Crippen LogP contribution in [0, 0.1) is 25.5 Å². The first-order valence-electron chi connectivity index (χ1n) is 10.2. The minimum Gasteiger partial charge on any atom is -0.306 e. The van der Waals surface area contributed by atoms with Gasteiger partial charge in [-0.1, -0.05) is 18.2 Å². The van der Waals surface area contributed by atoms with Crippen LogP contribution in [0.4, 0.5) is 14.6 Å². The predicted molar refractivity (Wildman–Crippen MR) is 120 cm³/mol. The zero-order valence-corrected chi connectivity index (χ0v) is 18.0. The standard InChI is InChI=1S/C23H17F2N7O2/c1-12-5-3-6-14(9-12)31-20-15(11-26-31)21(33)29-23(28-20)32-18(10-13(2)30-32)27-22(34)19-16(24)7-4-8-17(19)25/h3-11H,1-2H3,(H,27,34)(H,28,29,33). The molecule has 3 heterocycles. The topological polar surface area (TPSA) is 110 Å². The fourth-order valence-corrected chi connectivity index (χ4v) is 3.60. The average Bonchev–Trinajstić information content (AvgIpc) is 3.37. The number of carbonyl (C=O) groups excluding carboxylic acids is 1. The van der Waals surface area contributed by atoms with Crippen molar-refractivity contribution in [1.82, 2.24) is 29.5 Å². The van der Waals surface area contributed by atoms with Gasteiger partial charge in [-0.3, -0.25) is 14.6 Å². The first-order valence-corrected chi connectivity index (χ1v) is 10.2. The van der Waals surface area contributed by atoms with E-state index in [4.69, 9.17) is 0 Å². The molecule has 0 aliphatic carbocycles. The van der Waals surface area contributed by atoms with Crippen LogP contribution in [0.5, 0.6) is 0 Å². The Morgan fingerprint density at radius 3 is 2.50 bits per heavy atom. The number of fused-ring (bicyclic) bond motifs is 1. The van der Waals surface area contributed by atoms with E-state index in [-0.39, 0.29) is 22.8 Å². The van der Waals surface area contributed by atoms with E-state index in [9.17, 15) is 18.4 Å². The minimum atomic E-state index is -1.01. The fourth-order valence-electron chi connectivity index (χ4n) is 3.60. The highest BCUT2D eigenvalue weighted by Gasteiger charge is 2.21. The molecule has 170 valence electrons. The summed E-state index contributed by atoms with van der Waals surface area (Å²) in [6.45, 7) is 3.59. The van der Waals surface area contributed by atoms with Crippen LogP contribution in [0.15, 0.2) is 59.5 Å². The number of halogens is 2. The molecule has 0 fully saturated rings. The quantitative estimate of drug-likeness (QED) is 0.426. The van der Waals surface area contributed by atoms with Gasteiger partial charge in [0.15, 0.2) is 5.65 Å².